The third-order valence-corrected chi connectivity index (χ3v) is 6.70. The van der Waals surface area contributed by atoms with Crippen molar-refractivity contribution in [1.29, 1.82) is 0 Å². The number of amides is 2. The molecule has 1 aliphatic heterocycles. The maximum Gasteiger partial charge on any atom is 0.409 e. The Morgan fingerprint density at radius 1 is 1.09 bits per heavy atom. The van der Waals surface area contributed by atoms with E-state index in [0.29, 0.717) is 38.3 Å². The number of benzene rings is 1. The van der Waals surface area contributed by atoms with E-state index >= 15 is 0 Å². The van der Waals surface area contributed by atoms with E-state index < -0.39 is 0 Å². The first kappa shape index (κ1) is 23.1. The monoisotopic (exact) mass is 478 g/mol. The first-order chi connectivity index (χ1) is 16.9. The van der Waals surface area contributed by atoms with Crippen LogP contribution in [0.4, 0.5) is 4.79 Å². The molecule has 2 amide bonds. The second kappa shape index (κ2) is 9.16. The molecule has 2 fully saturated rings. The summed E-state index contributed by atoms with van der Waals surface area (Å²) in [6.45, 7) is 7.55. The van der Waals surface area contributed by atoms with Gasteiger partial charge in [0.05, 0.1) is 24.2 Å². The summed E-state index contributed by atoms with van der Waals surface area (Å²) in [5.41, 5.74) is 3.93. The zero-order valence-corrected chi connectivity index (χ0v) is 20.4. The lowest BCUT2D eigenvalue weighted by molar-refractivity contribution is -0.133. The molecule has 0 radical (unpaired) electrons. The summed E-state index contributed by atoms with van der Waals surface area (Å²) in [6, 6.07) is 6.02. The molecule has 10 nitrogen and oxygen atoms in total. The Hall–Kier alpha value is -3.69. The minimum atomic E-state index is -0.364. The fourth-order valence-electron chi connectivity index (χ4n) is 4.67. The van der Waals surface area contributed by atoms with Crippen molar-refractivity contribution in [2.75, 3.05) is 32.8 Å². The van der Waals surface area contributed by atoms with Gasteiger partial charge >= 0.3 is 6.09 Å². The lowest BCUT2D eigenvalue weighted by Gasteiger charge is -2.34. The summed E-state index contributed by atoms with van der Waals surface area (Å²) in [5, 5.41) is 9.94. The summed E-state index contributed by atoms with van der Waals surface area (Å²) < 4.78 is 8.01. The molecule has 5 rings (SSSR count). The van der Waals surface area contributed by atoms with Crippen LogP contribution in [-0.2, 0) is 16.1 Å². The minimum absolute atomic E-state index is 0.147. The molecule has 0 atom stereocenters. The second-order valence-corrected chi connectivity index (χ2v) is 9.30. The first-order valence-corrected chi connectivity index (χ1v) is 12.1. The molecular formula is C25H30N6O4. The van der Waals surface area contributed by atoms with Crippen molar-refractivity contribution in [3.8, 4) is 5.69 Å². The number of hydrogen-bond donors (Lipinski definition) is 0. The zero-order chi connectivity index (χ0) is 24.7. The van der Waals surface area contributed by atoms with Gasteiger partial charge in [0.1, 0.15) is 12.1 Å². The van der Waals surface area contributed by atoms with Gasteiger partial charge in [-0.1, -0.05) is 17.7 Å². The fraction of sp³-hybridized carbons (Fsp3) is 0.480. The maximum absolute atomic E-state index is 13.6. The Morgan fingerprint density at radius 2 is 1.80 bits per heavy atom. The number of ether oxygens (including phenoxy) is 1. The molecule has 2 aliphatic rings. The van der Waals surface area contributed by atoms with E-state index in [2.05, 4.69) is 16.3 Å². The molecule has 0 unspecified atom stereocenters. The molecule has 0 bridgehead atoms. The topological polar surface area (TPSA) is 103 Å². The van der Waals surface area contributed by atoms with Crippen LogP contribution in [0, 0.1) is 13.8 Å². The smallest absolute Gasteiger partial charge is 0.409 e. The van der Waals surface area contributed by atoms with E-state index in [1.54, 1.807) is 27.6 Å². The number of carbonyl (C=O) groups is 2. The van der Waals surface area contributed by atoms with Crippen molar-refractivity contribution in [2.24, 2.45) is 0 Å². The molecule has 1 saturated heterocycles. The van der Waals surface area contributed by atoms with Crippen LogP contribution in [0.15, 0.2) is 29.2 Å². The Labute approximate surface area is 203 Å². The van der Waals surface area contributed by atoms with E-state index in [1.807, 2.05) is 26.0 Å². The third-order valence-electron chi connectivity index (χ3n) is 6.70. The van der Waals surface area contributed by atoms with Crippen LogP contribution in [-0.4, -0.2) is 74.1 Å². The number of aryl methyl sites for hydroxylation is 2. The van der Waals surface area contributed by atoms with Crippen LogP contribution >= 0.6 is 0 Å². The van der Waals surface area contributed by atoms with Gasteiger partial charge in [0, 0.05) is 37.5 Å². The van der Waals surface area contributed by atoms with Gasteiger partial charge in [-0.05, 0) is 45.2 Å². The average molecular weight is 479 g/mol. The zero-order valence-electron chi connectivity index (χ0n) is 20.4. The Bertz CT molecular complexity index is 1350. The summed E-state index contributed by atoms with van der Waals surface area (Å²) in [6.07, 6.45) is 3.38. The molecular weight excluding hydrogens is 448 g/mol. The van der Waals surface area contributed by atoms with Crippen molar-refractivity contribution in [2.45, 2.75) is 46.1 Å². The molecule has 35 heavy (non-hydrogen) atoms. The lowest BCUT2D eigenvalue weighted by Crippen LogP contribution is -2.51. The second-order valence-electron chi connectivity index (χ2n) is 9.30. The van der Waals surface area contributed by atoms with Crippen LogP contribution in [0.3, 0.4) is 0 Å². The van der Waals surface area contributed by atoms with E-state index in [0.717, 1.165) is 40.7 Å². The standard InChI is InChI=1S/C25H30N6O4/c1-4-35-25(34)29-11-9-28(10-12-29)21(32)15-30-24(33)23-19(22(27-30)18-6-7-18)14-26-31(23)20-8-5-16(2)13-17(20)3/h5,8,13-14,18H,4,6-7,9-12,15H2,1-3H3. The highest BCUT2D eigenvalue weighted by molar-refractivity contribution is 5.83. The van der Waals surface area contributed by atoms with Gasteiger partial charge in [0.2, 0.25) is 5.91 Å². The van der Waals surface area contributed by atoms with Crippen LogP contribution in [0.2, 0.25) is 0 Å². The Kier molecular flexibility index (Phi) is 6.04. The van der Waals surface area contributed by atoms with Gasteiger partial charge in [0.25, 0.3) is 5.56 Å². The summed E-state index contributed by atoms with van der Waals surface area (Å²) >= 11 is 0. The van der Waals surface area contributed by atoms with Gasteiger partial charge < -0.3 is 14.5 Å². The van der Waals surface area contributed by atoms with Gasteiger partial charge in [-0.2, -0.15) is 10.2 Å². The molecule has 10 heteroatoms. The predicted octanol–water partition coefficient (Wildman–Crippen LogP) is 2.38. The van der Waals surface area contributed by atoms with Crippen molar-refractivity contribution in [3.05, 3.63) is 51.6 Å². The molecule has 3 heterocycles. The average Bonchev–Trinajstić information content (AvgIpc) is 3.59. The van der Waals surface area contributed by atoms with Crippen molar-refractivity contribution < 1.29 is 14.3 Å². The highest BCUT2D eigenvalue weighted by Gasteiger charge is 2.31. The SMILES string of the molecule is CCOC(=O)N1CCN(C(=O)Cn2nc(C3CC3)c3cnn(-c4ccc(C)cc4C)c3c2=O)CC1. The molecule has 2 aromatic heterocycles. The van der Waals surface area contributed by atoms with E-state index in [9.17, 15) is 14.4 Å². The number of nitrogens with zero attached hydrogens (tertiary/aromatic N) is 6. The maximum atomic E-state index is 13.6. The van der Waals surface area contributed by atoms with E-state index in [4.69, 9.17) is 4.74 Å². The predicted molar refractivity (Wildman–Crippen MR) is 130 cm³/mol. The number of fused-ring (bicyclic) bond motifs is 1. The summed E-state index contributed by atoms with van der Waals surface area (Å²) in [4.78, 5) is 41.9. The highest BCUT2D eigenvalue weighted by Crippen LogP contribution is 2.41. The van der Waals surface area contributed by atoms with Gasteiger partial charge in [-0.3, -0.25) is 9.59 Å². The molecule has 1 aliphatic carbocycles. The van der Waals surface area contributed by atoms with Crippen molar-refractivity contribution in [3.63, 3.8) is 0 Å². The first-order valence-electron chi connectivity index (χ1n) is 12.1. The number of rotatable bonds is 5. The molecule has 0 spiro atoms. The van der Waals surface area contributed by atoms with Gasteiger partial charge in [0.15, 0.2) is 0 Å². The minimum Gasteiger partial charge on any atom is -0.450 e. The van der Waals surface area contributed by atoms with Gasteiger partial charge in [-0.25, -0.2) is 14.2 Å². The number of hydrogen-bond acceptors (Lipinski definition) is 6. The van der Waals surface area contributed by atoms with Crippen molar-refractivity contribution in [1.82, 2.24) is 29.4 Å². The van der Waals surface area contributed by atoms with Crippen LogP contribution in [0.25, 0.3) is 16.6 Å². The van der Waals surface area contributed by atoms with Crippen LogP contribution < -0.4 is 5.56 Å². The fourth-order valence-corrected chi connectivity index (χ4v) is 4.67. The van der Waals surface area contributed by atoms with Crippen LogP contribution in [0.5, 0.6) is 0 Å². The third kappa shape index (κ3) is 4.40. The molecule has 3 aromatic rings. The molecule has 1 saturated carbocycles. The lowest BCUT2D eigenvalue weighted by atomic mass is 10.1. The van der Waals surface area contributed by atoms with E-state index in [1.165, 1.54) is 4.68 Å². The quantitative estimate of drug-likeness (QED) is 0.558. The van der Waals surface area contributed by atoms with Crippen LogP contribution in [0.1, 0.15) is 42.5 Å². The molecule has 1 aromatic carbocycles. The molecule has 0 N–H and O–H groups in total. The summed E-state index contributed by atoms with van der Waals surface area (Å²) in [7, 11) is 0. The van der Waals surface area contributed by atoms with Gasteiger partial charge in [-0.15, -0.1) is 0 Å². The number of piperazine rings is 1. The number of aromatic nitrogens is 4. The highest BCUT2D eigenvalue weighted by atomic mass is 16.6. The summed E-state index contributed by atoms with van der Waals surface area (Å²) in [5.74, 6) is 0.0890. The van der Waals surface area contributed by atoms with Crippen molar-refractivity contribution >= 4 is 22.9 Å². The largest absolute Gasteiger partial charge is 0.450 e. The Balaban J connectivity index is 1.45. The number of carbonyl (C=O) groups excluding carboxylic acids is 2. The molecule has 184 valence electrons. The normalized spacial score (nSPS) is 16.1. The van der Waals surface area contributed by atoms with E-state index in [-0.39, 0.29) is 30.0 Å². The Morgan fingerprint density at radius 3 is 2.46 bits per heavy atom.